The SMILES string of the molecule is NCC1CCCCC1NC(=O)C1CCN(S(N)(=O)=O)CC1. The van der Waals surface area contributed by atoms with Gasteiger partial charge < -0.3 is 11.1 Å². The van der Waals surface area contributed by atoms with Crippen molar-refractivity contribution in [1.82, 2.24) is 9.62 Å². The first-order chi connectivity index (χ1) is 9.91. The number of hydrogen-bond donors (Lipinski definition) is 3. The second-order valence-corrected chi connectivity index (χ2v) is 7.66. The summed E-state index contributed by atoms with van der Waals surface area (Å²) < 4.78 is 23.7. The molecule has 0 aromatic rings. The molecule has 1 heterocycles. The molecule has 1 aliphatic heterocycles. The van der Waals surface area contributed by atoms with Gasteiger partial charge in [0, 0.05) is 25.0 Å². The average molecular weight is 318 g/mol. The van der Waals surface area contributed by atoms with Gasteiger partial charge in [0.15, 0.2) is 0 Å². The van der Waals surface area contributed by atoms with Gasteiger partial charge in [0.1, 0.15) is 0 Å². The molecule has 2 fully saturated rings. The molecule has 1 amide bonds. The summed E-state index contributed by atoms with van der Waals surface area (Å²) in [5.74, 6) is 0.282. The van der Waals surface area contributed by atoms with E-state index in [0.29, 0.717) is 38.4 Å². The maximum Gasteiger partial charge on any atom is 0.276 e. The number of piperidine rings is 1. The first-order valence-electron chi connectivity index (χ1n) is 7.70. The quantitative estimate of drug-likeness (QED) is 0.649. The summed E-state index contributed by atoms with van der Waals surface area (Å²) in [6.07, 6.45) is 5.44. The minimum Gasteiger partial charge on any atom is -0.353 e. The molecular weight excluding hydrogens is 292 g/mol. The van der Waals surface area contributed by atoms with Crippen LogP contribution in [0.15, 0.2) is 0 Å². The van der Waals surface area contributed by atoms with Crippen molar-refractivity contribution in [2.45, 2.75) is 44.6 Å². The number of carbonyl (C=O) groups excluding carboxylic acids is 1. The number of nitrogens with two attached hydrogens (primary N) is 2. The molecule has 2 unspecified atom stereocenters. The fraction of sp³-hybridized carbons (Fsp3) is 0.923. The maximum atomic E-state index is 12.3. The van der Waals surface area contributed by atoms with E-state index >= 15 is 0 Å². The summed E-state index contributed by atoms with van der Waals surface area (Å²) in [5, 5.41) is 8.23. The van der Waals surface area contributed by atoms with Gasteiger partial charge in [0.05, 0.1) is 0 Å². The largest absolute Gasteiger partial charge is 0.353 e. The van der Waals surface area contributed by atoms with Crippen LogP contribution in [0.5, 0.6) is 0 Å². The zero-order chi connectivity index (χ0) is 15.5. The van der Waals surface area contributed by atoms with E-state index in [9.17, 15) is 13.2 Å². The van der Waals surface area contributed by atoms with Crippen LogP contribution >= 0.6 is 0 Å². The lowest BCUT2D eigenvalue weighted by molar-refractivity contribution is -0.127. The summed E-state index contributed by atoms with van der Waals surface area (Å²) in [7, 11) is -3.63. The van der Waals surface area contributed by atoms with E-state index in [1.165, 1.54) is 10.7 Å². The predicted octanol–water partition coefficient (Wildman–Crippen LogP) is -0.464. The first-order valence-corrected chi connectivity index (χ1v) is 9.20. The van der Waals surface area contributed by atoms with Gasteiger partial charge in [-0.2, -0.15) is 12.7 Å². The highest BCUT2D eigenvalue weighted by molar-refractivity contribution is 7.86. The molecule has 1 aliphatic carbocycles. The Morgan fingerprint density at radius 1 is 1.14 bits per heavy atom. The van der Waals surface area contributed by atoms with E-state index in [-0.39, 0.29) is 17.9 Å². The van der Waals surface area contributed by atoms with Crippen molar-refractivity contribution >= 4 is 16.1 Å². The number of carbonyl (C=O) groups is 1. The Labute approximate surface area is 126 Å². The summed E-state index contributed by atoms with van der Waals surface area (Å²) in [6, 6.07) is 0.174. The molecule has 1 saturated carbocycles. The Kier molecular flexibility index (Phi) is 5.59. The monoisotopic (exact) mass is 318 g/mol. The van der Waals surface area contributed by atoms with Gasteiger partial charge in [0.2, 0.25) is 5.91 Å². The Bertz CT molecular complexity index is 460. The zero-order valence-corrected chi connectivity index (χ0v) is 13.1. The third-order valence-electron chi connectivity index (χ3n) is 4.72. The van der Waals surface area contributed by atoms with Gasteiger partial charge in [-0.05, 0) is 38.1 Å². The standard InChI is InChI=1S/C13H26N4O3S/c14-9-11-3-1-2-4-12(11)16-13(18)10-5-7-17(8-6-10)21(15,19)20/h10-12H,1-9,14H2,(H,16,18)(H2,15,19,20). The Balaban J connectivity index is 1.84. The lowest BCUT2D eigenvalue weighted by Crippen LogP contribution is -2.49. The van der Waals surface area contributed by atoms with Crippen LogP contribution in [0, 0.1) is 11.8 Å². The second kappa shape index (κ2) is 7.04. The van der Waals surface area contributed by atoms with E-state index in [0.717, 1.165) is 19.3 Å². The molecule has 122 valence electrons. The number of hydrogen-bond acceptors (Lipinski definition) is 4. The van der Waals surface area contributed by atoms with Crippen molar-refractivity contribution in [3.63, 3.8) is 0 Å². The number of nitrogens with one attached hydrogen (secondary N) is 1. The van der Waals surface area contributed by atoms with Crippen molar-refractivity contribution < 1.29 is 13.2 Å². The number of nitrogens with zero attached hydrogens (tertiary/aromatic N) is 1. The molecule has 0 bridgehead atoms. The maximum absolute atomic E-state index is 12.3. The van der Waals surface area contributed by atoms with Gasteiger partial charge >= 0.3 is 0 Å². The fourth-order valence-corrected chi connectivity index (χ4v) is 4.07. The third-order valence-corrected chi connectivity index (χ3v) is 5.81. The van der Waals surface area contributed by atoms with Crippen LogP contribution in [0.3, 0.4) is 0 Å². The van der Waals surface area contributed by atoms with Gasteiger partial charge in [0.25, 0.3) is 10.2 Å². The lowest BCUT2D eigenvalue weighted by atomic mass is 9.84. The molecule has 0 aromatic carbocycles. The van der Waals surface area contributed by atoms with E-state index in [4.69, 9.17) is 10.9 Å². The molecule has 2 atom stereocenters. The van der Waals surface area contributed by atoms with Crippen LogP contribution in [0.25, 0.3) is 0 Å². The van der Waals surface area contributed by atoms with Crippen LogP contribution in [0.2, 0.25) is 0 Å². The van der Waals surface area contributed by atoms with Crippen molar-refractivity contribution in [1.29, 1.82) is 0 Å². The average Bonchev–Trinajstić information content (AvgIpc) is 2.47. The molecule has 1 saturated heterocycles. The predicted molar refractivity (Wildman–Crippen MR) is 80.3 cm³/mol. The molecule has 2 aliphatic rings. The molecule has 8 heteroatoms. The molecule has 21 heavy (non-hydrogen) atoms. The minimum atomic E-state index is -3.63. The Morgan fingerprint density at radius 2 is 1.76 bits per heavy atom. The summed E-state index contributed by atoms with van der Waals surface area (Å²) in [6.45, 7) is 1.25. The highest BCUT2D eigenvalue weighted by Gasteiger charge is 2.32. The number of amides is 1. The molecule has 2 rings (SSSR count). The smallest absolute Gasteiger partial charge is 0.276 e. The molecule has 0 spiro atoms. The molecule has 0 radical (unpaired) electrons. The topological polar surface area (TPSA) is 119 Å². The van der Waals surface area contributed by atoms with Crippen LogP contribution in [-0.4, -0.2) is 44.3 Å². The summed E-state index contributed by atoms with van der Waals surface area (Å²) >= 11 is 0. The van der Waals surface area contributed by atoms with E-state index < -0.39 is 10.2 Å². The van der Waals surface area contributed by atoms with Gasteiger partial charge in [-0.1, -0.05) is 12.8 Å². The van der Waals surface area contributed by atoms with Gasteiger partial charge in [-0.25, -0.2) is 5.14 Å². The molecule has 7 nitrogen and oxygen atoms in total. The lowest BCUT2D eigenvalue weighted by Gasteiger charge is -2.34. The van der Waals surface area contributed by atoms with E-state index in [1.54, 1.807) is 0 Å². The molecule has 5 N–H and O–H groups in total. The highest BCUT2D eigenvalue weighted by Crippen LogP contribution is 2.25. The highest BCUT2D eigenvalue weighted by atomic mass is 32.2. The van der Waals surface area contributed by atoms with E-state index in [2.05, 4.69) is 5.32 Å². The van der Waals surface area contributed by atoms with Crippen LogP contribution in [-0.2, 0) is 15.0 Å². The van der Waals surface area contributed by atoms with Gasteiger partial charge in [-0.3, -0.25) is 4.79 Å². The van der Waals surface area contributed by atoms with Crippen molar-refractivity contribution in [2.24, 2.45) is 22.7 Å². The van der Waals surface area contributed by atoms with Crippen molar-refractivity contribution in [3.05, 3.63) is 0 Å². The molecule has 0 aromatic heterocycles. The second-order valence-electron chi connectivity index (χ2n) is 6.11. The van der Waals surface area contributed by atoms with Crippen LogP contribution in [0.1, 0.15) is 38.5 Å². The Hall–Kier alpha value is -0.700. The van der Waals surface area contributed by atoms with Crippen molar-refractivity contribution in [2.75, 3.05) is 19.6 Å². The van der Waals surface area contributed by atoms with E-state index in [1.807, 2.05) is 0 Å². The minimum absolute atomic E-state index is 0.0365. The van der Waals surface area contributed by atoms with Crippen LogP contribution in [0.4, 0.5) is 0 Å². The normalized spacial score (nSPS) is 29.2. The number of rotatable bonds is 4. The molecular formula is C13H26N4O3S. The summed E-state index contributed by atoms with van der Waals surface area (Å²) in [4.78, 5) is 12.3. The Morgan fingerprint density at radius 3 is 2.33 bits per heavy atom. The van der Waals surface area contributed by atoms with Crippen molar-refractivity contribution in [3.8, 4) is 0 Å². The third kappa shape index (κ3) is 4.38. The zero-order valence-electron chi connectivity index (χ0n) is 12.3. The summed E-state index contributed by atoms with van der Waals surface area (Å²) in [5.41, 5.74) is 5.78. The van der Waals surface area contributed by atoms with Gasteiger partial charge in [-0.15, -0.1) is 0 Å². The fourth-order valence-electron chi connectivity index (χ4n) is 3.35. The first kappa shape index (κ1) is 16.7. The van der Waals surface area contributed by atoms with Crippen LogP contribution < -0.4 is 16.2 Å².